The molecule has 2 aromatic rings. The number of likely N-dealkylation sites (tertiary alicyclic amines) is 1. The Bertz CT molecular complexity index is 823. The number of hydrogen-bond acceptors (Lipinski definition) is 2. The number of rotatable bonds is 4. The lowest BCUT2D eigenvalue weighted by atomic mass is 9.89. The lowest BCUT2D eigenvalue weighted by Gasteiger charge is -2.33. The van der Waals surface area contributed by atoms with Crippen LogP contribution in [0.1, 0.15) is 30.4 Å². The summed E-state index contributed by atoms with van der Waals surface area (Å²) in [5.41, 5.74) is 3.44. The van der Waals surface area contributed by atoms with Gasteiger partial charge in [0.15, 0.2) is 0 Å². The maximum Gasteiger partial charge on any atom is 0.228 e. The Labute approximate surface area is 167 Å². The Morgan fingerprint density at radius 3 is 2.36 bits per heavy atom. The molecule has 28 heavy (non-hydrogen) atoms. The molecule has 2 aliphatic heterocycles. The van der Waals surface area contributed by atoms with E-state index in [0.717, 1.165) is 38.0 Å². The van der Waals surface area contributed by atoms with Crippen molar-refractivity contribution in [2.75, 3.05) is 24.5 Å². The van der Waals surface area contributed by atoms with Crippen molar-refractivity contribution in [2.45, 2.75) is 32.6 Å². The fourth-order valence-corrected chi connectivity index (χ4v) is 4.41. The SMILES string of the molecule is Cc1ccc(N2C[C@H](C(=O)N3CCC(Cc4ccccc4)CC3)CC2=O)cc1. The third-order valence-corrected chi connectivity index (χ3v) is 6.11. The maximum absolute atomic E-state index is 13.0. The highest BCUT2D eigenvalue weighted by atomic mass is 16.2. The van der Waals surface area contributed by atoms with Crippen LogP contribution in [0.5, 0.6) is 0 Å². The first-order chi connectivity index (χ1) is 13.6. The van der Waals surface area contributed by atoms with E-state index in [9.17, 15) is 9.59 Å². The Morgan fingerprint density at radius 1 is 1.00 bits per heavy atom. The lowest BCUT2D eigenvalue weighted by Crippen LogP contribution is -2.42. The zero-order valence-corrected chi connectivity index (χ0v) is 16.5. The minimum atomic E-state index is -0.209. The van der Waals surface area contributed by atoms with Gasteiger partial charge in [0.2, 0.25) is 11.8 Å². The van der Waals surface area contributed by atoms with Gasteiger partial charge in [-0.05, 0) is 49.8 Å². The monoisotopic (exact) mass is 376 g/mol. The van der Waals surface area contributed by atoms with E-state index in [2.05, 4.69) is 24.3 Å². The Kier molecular flexibility index (Phi) is 5.47. The second kappa shape index (κ2) is 8.17. The summed E-state index contributed by atoms with van der Waals surface area (Å²) in [6, 6.07) is 18.5. The van der Waals surface area contributed by atoms with E-state index in [0.29, 0.717) is 18.9 Å². The molecule has 0 aromatic heterocycles. The molecule has 4 heteroatoms. The third-order valence-electron chi connectivity index (χ3n) is 6.11. The summed E-state index contributed by atoms with van der Waals surface area (Å²) < 4.78 is 0. The highest BCUT2D eigenvalue weighted by molar-refractivity contribution is 6.00. The predicted molar refractivity (Wildman–Crippen MR) is 111 cm³/mol. The largest absolute Gasteiger partial charge is 0.342 e. The highest BCUT2D eigenvalue weighted by Crippen LogP contribution is 2.29. The molecule has 2 amide bonds. The molecule has 0 bridgehead atoms. The number of nitrogens with zero attached hydrogens (tertiary/aromatic N) is 2. The van der Waals surface area contributed by atoms with Crippen molar-refractivity contribution in [3.8, 4) is 0 Å². The van der Waals surface area contributed by atoms with Crippen molar-refractivity contribution in [1.82, 2.24) is 4.90 Å². The zero-order valence-electron chi connectivity index (χ0n) is 16.5. The summed E-state index contributed by atoms with van der Waals surface area (Å²) in [6.45, 7) is 4.16. The Morgan fingerprint density at radius 2 is 1.68 bits per heavy atom. The van der Waals surface area contributed by atoms with Crippen molar-refractivity contribution in [2.24, 2.45) is 11.8 Å². The van der Waals surface area contributed by atoms with Crippen LogP contribution in [0.15, 0.2) is 54.6 Å². The van der Waals surface area contributed by atoms with Gasteiger partial charge in [-0.15, -0.1) is 0 Å². The van der Waals surface area contributed by atoms with Crippen LogP contribution in [-0.2, 0) is 16.0 Å². The minimum Gasteiger partial charge on any atom is -0.342 e. The summed E-state index contributed by atoms with van der Waals surface area (Å²) in [5, 5.41) is 0. The summed E-state index contributed by atoms with van der Waals surface area (Å²) in [6.07, 6.45) is 3.51. The topological polar surface area (TPSA) is 40.6 Å². The molecule has 0 saturated carbocycles. The van der Waals surface area contributed by atoms with Crippen LogP contribution in [0, 0.1) is 18.8 Å². The van der Waals surface area contributed by atoms with Crippen LogP contribution >= 0.6 is 0 Å². The summed E-state index contributed by atoms with van der Waals surface area (Å²) in [7, 11) is 0. The van der Waals surface area contributed by atoms with Gasteiger partial charge in [-0.2, -0.15) is 0 Å². The van der Waals surface area contributed by atoms with Crippen molar-refractivity contribution in [1.29, 1.82) is 0 Å². The average molecular weight is 377 g/mol. The van der Waals surface area contributed by atoms with E-state index >= 15 is 0 Å². The van der Waals surface area contributed by atoms with Crippen molar-refractivity contribution in [3.63, 3.8) is 0 Å². The second-order valence-corrected chi connectivity index (χ2v) is 8.20. The number of benzene rings is 2. The number of anilines is 1. The van der Waals surface area contributed by atoms with Crippen molar-refractivity contribution >= 4 is 17.5 Å². The molecule has 1 atom stereocenters. The molecule has 0 radical (unpaired) electrons. The molecule has 0 N–H and O–H groups in total. The van der Waals surface area contributed by atoms with Gasteiger partial charge in [0.05, 0.1) is 5.92 Å². The summed E-state index contributed by atoms with van der Waals surface area (Å²) in [4.78, 5) is 29.2. The van der Waals surface area contributed by atoms with E-state index < -0.39 is 0 Å². The maximum atomic E-state index is 13.0. The van der Waals surface area contributed by atoms with E-state index in [1.807, 2.05) is 42.2 Å². The van der Waals surface area contributed by atoms with E-state index in [-0.39, 0.29) is 17.7 Å². The normalized spacial score (nSPS) is 20.6. The van der Waals surface area contributed by atoms with Gasteiger partial charge in [0, 0.05) is 31.7 Å². The molecule has 2 fully saturated rings. The van der Waals surface area contributed by atoms with Crippen molar-refractivity contribution in [3.05, 3.63) is 65.7 Å². The number of aryl methyl sites for hydroxylation is 1. The molecule has 2 aromatic carbocycles. The first-order valence-electron chi connectivity index (χ1n) is 10.3. The first kappa shape index (κ1) is 18.7. The first-order valence-corrected chi connectivity index (χ1v) is 10.3. The second-order valence-electron chi connectivity index (χ2n) is 8.20. The van der Waals surface area contributed by atoms with Gasteiger partial charge in [-0.3, -0.25) is 9.59 Å². The number of carbonyl (C=O) groups is 2. The van der Waals surface area contributed by atoms with Gasteiger partial charge in [-0.25, -0.2) is 0 Å². The van der Waals surface area contributed by atoms with Gasteiger partial charge >= 0.3 is 0 Å². The molecule has 146 valence electrons. The average Bonchev–Trinajstić information content (AvgIpc) is 3.11. The summed E-state index contributed by atoms with van der Waals surface area (Å²) >= 11 is 0. The van der Waals surface area contributed by atoms with Crippen molar-refractivity contribution < 1.29 is 9.59 Å². The number of hydrogen-bond donors (Lipinski definition) is 0. The molecule has 2 heterocycles. The third kappa shape index (κ3) is 4.11. The van der Waals surface area contributed by atoms with Gasteiger partial charge in [0.1, 0.15) is 0 Å². The van der Waals surface area contributed by atoms with Crippen LogP contribution in [0.4, 0.5) is 5.69 Å². The molecular formula is C24H28N2O2. The Balaban J connectivity index is 1.32. The van der Waals surface area contributed by atoms with Crippen LogP contribution in [0.25, 0.3) is 0 Å². The quantitative estimate of drug-likeness (QED) is 0.814. The van der Waals surface area contributed by atoms with Gasteiger partial charge < -0.3 is 9.80 Å². The fourth-order valence-electron chi connectivity index (χ4n) is 4.41. The lowest BCUT2D eigenvalue weighted by molar-refractivity contribution is -0.137. The minimum absolute atomic E-state index is 0.0566. The smallest absolute Gasteiger partial charge is 0.228 e. The molecule has 0 unspecified atom stereocenters. The summed E-state index contributed by atoms with van der Waals surface area (Å²) in [5.74, 6) is 0.641. The number of amides is 2. The molecule has 2 saturated heterocycles. The van der Waals surface area contributed by atoms with Crippen LogP contribution in [-0.4, -0.2) is 36.3 Å². The fraction of sp³-hybridized carbons (Fsp3) is 0.417. The Hall–Kier alpha value is -2.62. The van der Waals surface area contributed by atoms with Crippen LogP contribution < -0.4 is 4.90 Å². The molecule has 0 spiro atoms. The highest BCUT2D eigenvalue weighted by Gasteiger charge is 2.38. The zero-order chi connectivity index (χ0) is 19.5. The molecule has 0 aliphatic carbocycles. The van der Waals surface area contributed by atoms with Gasteiger partial charge in [-0.1, -0.05) is 48.0 Å². The van der Waals surface area contributed by atoms with E-state index in [4.69, 9.17) is 0 Å². The number of piperidine rings is 1. The molecule has 4 rings (SSSR count). The van der Waals surface area contributed by atoms with Crippen LogP contribution in [0.2, 0.25) is 0 Å². The van der Waals surface area contributed by atoms with Gasteiger partial charge in [0.25, 0.3) is 0 Å². The predicted octanol–water partition coefficient (Wildman–Crippen LogP) is 3.83. The van der Waals surface area contributed by atoms with E-state index in [1.54, 1.807) is 4.90 Å². The molecule has 2 aliphatic rings. The number of carbonyl (C=O) groups excluding carboxylic acids is 2. The van der Waals surface area contributed by atoms with Crippen LogP contribution in [0.3, 0.4) is 0 Å². The standard InChI is InChI=1S/C24H28N2O2/c1-18-7-9-22(10-8-18)26-17-21(16-23(26)27)24(28)25-13-11-20(12-14-25)15-19-5-3-2-4-6-19/h2-10,20-21H,11-17H2,1H3/t21-/m1/s1. The molecule has 4 nitrogen and oxygen atoms in total. The molecular weight excluding hydrogens is 348 g/mol. The van der Waals surface area contributed by atoms with E-state index in [1.165, 1.54) is 11.1 Å².